The van der Waals surface area contributed by atoms with E-state index in [1.54, 1.807) is 55.5 Å². The van der Waals surface area contributed by atoms with Gasteiger partial charge in [0.15, 0.2) is 5.11 Å². The summed E-state index contributed by atoms with van der Waals surface area (Å²) >= 11 is 11.5. The molecule has 0 spiro atoms. The van der Waals surface area contributed by atoms with Gasteiger partial charge in [-0.3, -0.25) is 19.4 Å². The van der Waals surface area contributed by atoms with Crippen LogP contribution in [0.15, 0.2) is 84.6 Å². The van der Waals surface area contributed by atoms with Crippen molar-refractivity contribution in [3.63, 3.8) is 0 Å². The molecule has 8 heteroatoms. The van der Waals surface area contributed by atoms with E-state index < -0.39 is 11.8 Å². The van der Waals surface area contributed by atoms with E-state index in [1.807, 2.05) is 35.0 Å². The van der Waals surface area contributed by atoms with Crippen LogP contribution in [0.3, 0.4) is 0 Å². The molecule has 36 heavy (non-hydrogen) atoms. The van der Waals surface area contributed by atoms with Gasteiger partial charge in [0.05, 0.1) is 12.2 Å². The topological polar surface area (TPSA) is 45.6 Å². The molecule has 0 aliphatic carbocycles. The van der Waals surface area contributed by atoms with E-state index in [4.69, 9.17) is 23.8 Å². The first kappa shape index (κ1) is 23.9. The van der Waals surface area contributed by atoms with E-state index in [9.17, 15) is 14.0 Å². The second-order valence-electron chi connectivity index (χ2n) is 8.33. The Morgan fingerprint density at radius 3 is 2.36 bits per heavy atom. The maximum Gasteiger partial charge on any atom is 0.270 e. The smallest absolute Gasteiger partial charge is 0.270 e. The number of hydrogen-bond acceptors (Lipinski definition) is 3. The monoisotopic (exact) mass is 517 g/mol. The standard InChI is InChI=1S/C28H21ClFN3O2S/c1-2-32-26(34)23(27(35)33(28(32)36)21-13-11-20(29)12-14-21)15-19-17-31(25-10-6-4-8-22(19)25)16-18-7-3-5-9-24(18)30/h3-15,17H,2,16H2,1H3/b23-15+. The summed E-state index contributed by atoms with van der Waals surface area (Å²) in [7, 11) is 0. The highest BCUT2D eigenvalue weighted by Gasteiger charge is 2.39. The lowest BCUT2D eigenvalue weighted by atomic mass is 10.1. The van der Waals surface area contributed by atoms with Gasteiger partial charge in [-0.1, -0.05) is 48.0 Å². The Kier molecular flexibility index (Phi) is 6.43. The molecule has 0 bridgehead atoms. The summed E-state index contributed by atoms with van der Waals surface area (Å²) in [6, 6.07) is 20.9. The number of halogens is 2. The molecular weight excluding hydrogens is 497 g/mol. The number of carbonyl (C=O) groups is 2. The van der Waals surface area contributed by atoms with E-state index >= 15 is 0 Å². The number of hydrogen-bond donors (Lipinski definition) is 0. The summed E-state index contributed by atoms with van der Waals surface area (Å²) in [5, 5.41) is 1.49. The molecule has 180 valence electrons. The fourth-order valence-electron chi connectivity index (χ4n) is 4.36. The van der Waals surface area contributed by atoms with Gasteiger partial charge in [0.1, 0.15) is 11.4 Å². The molecule has 2 amide bonds. The number of carbonyl (C=O) groups excluding carboxylic acids is 2. The van der Waals surface area contributed by atoms with Gasteiger partial charge in [0.25, 0.3) is 11.8 Å². The molecule has 2 heterocycles. The van der Waals surface area contributed by atoms with Gasteiger partial charge in [-0.05, 0) is 61.6 Å². The van der Waals surface area contributed by atoms with Crippen LogP contribution >= 0.6 is 23.8 Å². The van der Waals surface area contributed by atoms with Crippen molar-refractivity contribution in [1.29, 1.82) is 0 Å². The Hall–Kier alpha value is -3.81. The fraction of sp³-hybridized carbons (Fsp3) is 0.107. The van der Waals surface area contributed by atoms with Gasteiger partial charge < -0.3 is 4.57 Å². The Bertz CT molecular complexity index is 1540. The number of nitrogens with zero attached hydrogens (tertiary/aromatic N) is 3. The zero-order valence-corrected chi connectivity index (χ0v) is 20.9. The van der Waals surface area contributed by atoms with Crippen molar-refractivity contribution in [2.24, 2.45) is 0 Å². The van der Waals surface area contributed by atoms with Crippen LogP contribution in [0.1, 0.15) is 18.1 Å². The Labute approximate surface area is 218 Å². The van der Waals surface area contributed by atoms with E-state index in [0.29, 0.717) is 34.9 Å². The molecular formula is C28H21ClFN3O2S. The average molecular weight is 518 g/mol. The highest BCUT2D eigenvalue weighted by molar-refractivity contribution is 7.80. The minimum atomic E-state index is -0.511. The predicted molar refractivity (Wildman–Crippen MR) is 144 cm³/mol. The quantitative estimate of drug-likeness (QED) is 0.184. The van der Waals surface area contributed by atoms with Crippen molar-refractivity contribution in [3.8, 4) is 0 Å². The van der Waals surface area contributed by atoms with E-state index in [2.05, 4.69) is 0 Å². The van der Waals surface area contributed by atoms with Gasteiger partial charge in [-0.25, -0.2) is 4.39 Å². The van der Waals surface area contributed by atoms with Crippen LogP contribution in [0.4, 0.5) is 10.1 Å². The molecule has 0 atom stereocenters. The highest BCUT2D eigenvalue weighted by atomic mass is 35.5. The largest absolute Gasteiger partial charge is 0.342 e. The molecule has 5 nitrogen and oxygen atoms in total. The van der Waals surface area contributed by atoms with Crippen LogP contribution in [0.25, 0.3) is 17.0 Å². The lowest BCUT2D eigenvalue weighted by molar-refractivity contribution is -0.127. The summed E-state index contributed by atoms with van der Waals surface area (Å²) in [6.45, 7) is 2.42. The number of thiocarbonyl (C=S) groups is 1. The van der Waals surface area contributed by atoms with E-state index in [1.165, 1.54) is 15.9 Å². The van der Waals surface area contributed by atoms with Crippen LogP contribution in [0, 0.1) is 5.82 Å². The van der Waals surface area contributed by atoms with Crippen molar-refractivity contribution in [3.05, 3.63) is 107 Å². The molecule has 1 aliphatic rings. The lowest BCUT2D eigenvalue weighted by Crippen LogP contribution is -2.56. The zero-order valence-electron chi connectivity index (χ0n) is 19.3. The maximum atomic E-state index is 14.4. The van der Waals surface area contributed by atoms with Crippen molar-refractivity contribution < 1.29 is 14.0 Å². The first-order valence-corrected chi connectivity index (χ1v) is 12.2. The molecule has 0 unspecified atom stereocenters. The molecule has 1 saturated heterocycles. The van der Waals surface area contributed by atoms with E-state index in [-0.39, 0.29) is 16.5 Å². The number of fused-ring (bicyclic) bond motifs is 1. The van der Waals surface area contributed by atoms with Crippen molar-refractivity contribution in [2.75, 3.05) is 11.4 Å². The van der Waals surface area contributed by atoms with Crippen LogP contribution in [-0.4, -0.2) is 32.9 Å². The number of rotatable bonds is 5. The molecule has 4 aromatic rings. The van der Waals surface area contributed by atoms with Gasteiger partial charge in [0, 0.05) is 39.8 Å². The summed E-state index contributed by atoms with van der Waals surface area (Å²) in [6.07, 6.45) is 3.43. The molecule has 3 aromatic carbocycles. The third-order valence-electron chi connectivity index (χ3n) is 6.15. The number of aromatic nitrogens is 1. The van der Waals surface area contributed by atoms with Crippen molar-refractivity contribution in [2.45, 2.75) is 13.5 Å². The zero-order chi connectivity index (χ0) is 25.4. The van der Waals surface area contributed by atoms with Crippen LogP contribution in [0.5, 0.6) is 0 Å². The van der Waals surface area contributed by atoms with Crippen molar-refractivity contribution in [1.82, 2.24) is 9.47 Å². The third-order valence-corrected chi connectivity index (χ3v) is 6.81. The predicted octanol–water partition coefficient (Wildman–Crippen LogP) is 6.05. The maximum absolute atomic E-state index is 14.4. The second kappa shape index (κ2) is 9.68. The highest BCUT2D eigenvalue weighted by Crippen LogP contribution is 2.30. The first-order valence-electron chi connectivity index (χ1n) is 11.4. The van der Waals surface area contributed by atoms with Crippen molar-refractivity contribution >= 4 is 63.4 Å². The minimum absolute atomic E-state index is 0.00538. The Balaban J connectivity index is 1.61. The van der Waals surface area contributed by atoms with Gasteiger partial charge in [0.2, 0.25) is 0 Å². The molecule has 1 fully saturated rings. The Morgan fingerprint density at radius 2 is 1.64 bits per heavy atom. The minimum Gasteiger partial charge on any atom is -0.342 e. The molecule has 0 radical (unpaired) electrons. The average Bonchev–Trinajstić information content (AvgIpc) is 3.22. The molecule has 1 aliphatic heterocycles. The molecule has 1 aromatic heterocycles. The lowest BCUT2D eigenvalue weighted by Gasteiger charge is -2.36. The van der Waals surface area contributed by atoms with E-state index in [0.717, 1.165) is 10.9 Å². The second-order valence-corrected chi connectivity index (χ2v) is 9.13. The fourth-order valence-corrected chi connectivity index (χ4v) is 4.88. The normalized spacial score (nSPS) is 15.4. The van der Waals surface area contributed by atoms with Crippen LogP contribution < -0.4 is 4.90 Å². The summed E-state index contributed by atoms with van der Waals surface area (Å²) < 4.78 is 16.3. The number of likely N-dealkylation sites (N-methyl/N-ethyl adjacent to an activating group) is 1. The van der Waals surface area contributed by atoms with Gasteiger partial charge in [-0.2, -0.15) is 0 Å². The Morgan fingerprint density at radius 1 is 0.944 bits per heavy atom. The molecule has 5 rings (SSSR count). The van der Waals surface area contributed by atoms with Crippen LogP contribution in [-0.2, 0) is 16.1 Å². The molecule has 0 saturated carbocycles. The number of benzene rings is 3. The van der Waals surface area contributed by atoms with Crippen LogP contribution in [0.2, 0.25) is 5.02 Å². The summed E-state index contributed by atoms with van der Waals surface area (Å²) in [5.74, 6) is -1.26. The number of para-hydroxylation sites is 1. The first-order chi connectivity index (χ1) is 17.4. The third kappa shape index (κ3) is 4.21. The number of amides is 2. The molecule has 0 N–H and O–H groups in total. The van der Waals surface area contributed by atoms with Gasteiger partial charge in [-0.15, -0.1) is 0 Å². The SMILES string of the molecule is CCN1C(=O)/C(=C\c2cn(Cc3ccccc3F)c3ccccc23)C(=O)N(c2ccc(Cl)cc2)C1=S. The van der Waals surface area contributed by atoms with Gasteiger partial charge >= 0.3 is 0 Å². The number of anilines is 1. The summed E-state index contributed by atoms with van der Waals surface area (Å²) in [5.41, 5.74) is 2.60. The summed E-state index contributed by atoms with van der Waals surface area (Å²) in [4.78, 5) is 29.7.